The Hall–Kier alpha value is 0.486. The summed E-state index contributed by atoms with van der Waals surface area (Å²) in [6, 6.07) is 0. The minimum absolute atomic E-state index is 0. The molecule has 9 heteroatoms. The Morgan fingerprint density at radius 2 is 1.67 bits per heavy atom. The third-order valence-electron chi connectivity index (χ3n) is 2.16. The molecule has 0 aliphatic rings. The van der Waals surface area contributed by atoms with Crippen molar-refractivity contribution in [1.29, 1.82) is 0 Å². The van der Waals surface area contributed by atoms with Crippen LogP contribution in [0.25, 0.3) is 0 Å². The number of hydrogen-bond acceptors (Lipinski definition) is 4. The van der Waals surface area contributed by atoms with E-state index in [9.17, 15) is 18.0 Å². The van der Waals surface area contributed by atoms with Crippen LogP contribution in [0.15, 0.2) is 0 Å². The van der Waals surface area contributed by atoms with Crippen LogP contribution in [0.3, 0.4) is 0 Å². The van der Waals surface area contributed by atoms with E-state index in [1.54, 1.807) is 0 Å². The monoisotopic (exact) mass is 266 g/mol. The zero-order chi connectivity index (χ0) is 11.7. The second-order valence-corrected chi connectivity index (χ2v) is 4.75. The Bertz CT molecular complexity index is 367. The third kappa shape index (κ3) is 3.48. The standard InChI is InChI=1S/C6H10O7S.K.H/c1-3(4(7)8)6(2,5(9)10)14(11,12)13;;/h3H,1-2H3,(H,7,8)(H,9,10)(H,11,12,13);;/q;+1;-1. The van der Waals surface area contributed by atoms with Crippen molar-refractivity contribution in [2.24, 2.45) is 5.92 Å². The van der Waals surface area contributed by atoms with E-state index in [0.29, 0.717) is 6.92 Å². The van der Waals surface area contributed by atoms with Crippen molar-refractivity contribution in [1.82, 2.24) is 0 Å². The summed E-state index contributed by atoms with van der Waals surface area (Å²) in [7, 11) is -4.99. The first-order chi connectivity index (χ1) is 6.05. The zero-order valence-electron chi connectivity index (χ0n) is 9.46. The van der Waals surface area contributed by atoms with Crippen LogP contribution in [0.2, 0.25) is 0 Å². The molecule has 2 unspecified atom stereocenters. The van der Waals surface area contributed by atoms with E-state index in [4.69, 9.17) is 14.8 Å². The summed E-state index contributed by atoms with van der Waals surface area (Å²) in [5.41, 5.74) is 0. The van der Waals surface area contributed by atoms with Gasteiger partial charge in [0, 0.05) is 0 Å². The van der Waals surface area contributed by atoms with Gasteiger partial charge in [0.15, 0.2) is 0 Å². The van der Waals surface area contributed by atoms with Gasteiger partial charge in [0.05, 0.1) is 5.92 Å². The molecule has 0 aliphatic heterocycles. The first kappa shape index (κ1) is 17.9. The smallest absolute Gasteiger partial charge is 1.00 e. The van der Waals surface area contributed by atoms with Crippen LogP contribution in [0.5, 0.6) is 0 Å². The third-order valence-corrected chi connectivity index (χ3v) is 3.76. The van der Waals surface area contributed by atoms with Gasteiger partial charge in [0.25, 0.3) is 10.1 Å². The largest absolute Gasteiger partial charge is 1.00 e. The summed E-state index contributed by atoms with van der Waals surface area (Å²) in [5.74, 6) is -5.28. The van der Waals surface area contributed by atoms with Crippen LogP contribution in [-0.4, -0.2) is 39.9 Å². The number of carbonyl (C=O) groups is 2. The molecule has 3 N–H and O–H groups in total. The van der Waals surface area contributed by atoms with Crippen molar-refractivity contribution in [3.05, 3.63) is 0 Å². The average Bonchev–Trinajstić information content (AvgIpc) is 1.98. The van der Waals surface area contributed by atoms with Crippen LogP contribution in [0.4, 0.5) is 0 Å². The summed E-state index contributed by atoms with van der Waals surface area (Å²) >= 11 is 0. The van der Waals surface area contributed by atoms with Crippen LogP contribution in [-0.2, 0) is 19.7 Å². The minimum atomic E-state index is -4.99. The molecule has 15 heavy (non-hydrogen) atoms. The van der Waals surface area contributed by atoms with Gasteiger partial charge in [0.1, 0.15) is 0 Å². The number of hydrogen-bond donors (Lipinski definition) is 3. The molecule has 84 valence electrons. The van der Waals surface area contributed by atoms with Crippen LogP contribution in [0.1, 0.15) is 15.3 Å². The van der Waals surface area contributed by atoms with Gasteiger partial charge in [-0.1, -0.05) is 0 Å². The molecule has 0 radical (unpaired) electrons. The molecule has 0 fully saturated rings. The van der Waals surface area contributed by atoms with E-state index in [0.717, 1.165) is 6.92 Å². The minimum Gasteiger partial charge on any atom is -1.00 e. The predicted molar refractivity (Wildman–Crippen MR) is 45.5 cm³/mol. The molecule has 0 aromatic carbocycles. The molecule has 0 aromatic heterocycles. The fourth-order valence-corrected chi connectivity index (χ4v) is 1.52. The molecule has 2 atom stereocenters. The maximum atomic E-state index is 10.8. The zero-order valence-corrected chi connectivity index (χ0v) is 12.4. The fraction of sp³-hybridized carbons (Fsp3) is 0.667. The van der Waals surface area contributed by atoms with Gasteiger partial charge in [-0.15, -0.1) is 0 Å². The van der Waals surface area contributed by atoms with Gasteiger partial charge in [-0.3, -0.25) is 14.1 Å². The second-order valence-electron chi connectivity index (χ2n) is 2.95. The number of rotatable bonds is 4. The van der Waals surface area contributed by atoms with Crippen molar-refractivity contribution in [2.75, 3.05) is 0 Å². The molecule has 0 aliphatic carbocycles. The molecule has 0 saturated heterocycles. The first-order valence-corrected chi connectivity index (χ1v) is 4.92. The van der Waals surface area contributed by atoms with Crippen LogP contribution >= 0.6 is 0 Å². The molecular formula is C6H11KO7S. The number of carboxylic acids is 2. The van der Waals surface area contributed by atoms with Crippen molar-refractivity contribution in [3.8, 4) is 0 Å². The van der Waals surface area contributed by atoms with E-state index >= 15 is 0 Å². The van der Waals surface area contributed by atoms with Crippen molar-refractivity contribution in [3.63, 3.8) is 0 Å². The molecule has 0 saturated carbocycles. The molecule has 0 bridgehead atoms. The van der Waals surface area contributed by atoms with E-state index in [1.807, 2.05) is 0 Å². The molecule has 0 heterocycles. The maximum absolute atomic E-state index is 10.8. The average molecular weight is 266 g/mol. The van der Waals surface area contributed by atoms with Gasteiger partial charge in [-0.05, 0) is 13.8 Å². The second kappa shape index (κ2) is 5.71. The fourth-order valence-electron chi connectivity index (χ4n) is 0.755. The van der Waals surface area contributed by atoms with Gasteiger partial charge < -0.3 is 11.6 Å². The predicted octanol–water partition coefficient (Wildman–Crippen LogP) is -3.45. The molecule has 0 aromatic rings. The van der Waals surface area contributed by atoms with Gasteiger partial charge in [0.2, 0.25) is 4.75 Å². The summed E-state index contributed by atoms with van der Waals surface area (Å²) in [4.78, 5) is 21.1. The van der Waals surface area contributed by atoms with Gasteiger partial charge in [-0.25, -0.2) is 0 Å². The molecule has 0 spiro atoms. The summed E-state index contributed by atoms with van der Waals surface area (Å²) in [6.45, 7) is 1.54. The normalized spacial score (nSPS) is 17.0. The van der Waals surface area contributed by atoms with Crippen LogP contribution < -0.4 is 51.4 Å². The Labute approximate surface area is 131 Å². The van der Waals surface area contributed by atoms with Crippen molar-refractivity contribution < 1.29 is 85.6 Å². The van der Waals surface area contributed by atoms with E-state index in [-0.39, 0.29) is 52.8 Å². The van der Waals surface area contributed by atoms with Crippen molar-refractivity contribution >= 4 is 22.1 Å². The summed E-state index contributed by atoms with van der Waals surface area (Å²) < 4.78 is 27.4. The van der Waals surface area contributed by atoms with Gasteiger partial charge in [-0.2, -0.15) is 8.42 Å². The molecule has 0 rings (SSSR count). The quantitative estimate of drug-likeness (QED) is 0.356. The summed E-state index contributed by atoms with van der Waals surface area (Å²) in [6.07, 6.45) is 0. The van der Waals surface area contributed by atoms with E-state index in [2.05, 4.69) is 0 Å². The van der Waals surface area contributed by atoms with Crippen LogP contribution in [0, 0.1) is 5.92 Å². The molecule has 7 nitrogen and oxygen atoms in total. The first-order valence-electron chi connectivity index (χ1n) is 3.48. The Morgan fingerprint density at radius 1 is 1.33 bits per heavy atom. The Morgan fingerprint density at radius 3 is 1.73 bits per heavy atom. The molecular weight excluding hydrogens is 255 g/mol. The summed E-state index contributed by atoms with van der Waals surface area (Å²) in [5, 5.41) is 17.1. The maximum Gasteiger partial charge on any atom is 1.00 e. The van der Waals surface area contributed by atoms with E-state index < -0.39 is 32.7 Å². The number of carboxylic acid groups (broad SMARTS) is 2. The topological polar surface area (TPSA) is 129 Å². The Kier molecular flexibility index (Phi) is 6.80. The Balaban J connectivity index is -0.000000845. The number of aliphatic carboxylic acids is 2. The SMILES string of the molecule is CC(C(=O)O)C(C)(C(=O)O)S(=O)(=O)O.[H-].[K+]. The van der Waals surface area contributed by atoms with E-state index in [1.165, 1.54) is 0 Å². The molecule has 0 amide bonds. The van der Waals surface area contributed by atoms with Crippen molar-refractivity contribution in [2.45, 2.75) is 18.6 Å². The van der Waals surface area contributed by atoms with Gasteiger partial charge >= 0.3 is 63.3 Å².